The maximum atomic E-state index is 12.3. The van der Waals surface area contributed by atoms with Gasteiger partial charge < -0.3 is 15.6 Å². The summed E-state index contributed by atoms with van der Waals surface area (Å²) in [4.78, 5) is 16.7. The second kappa shape index (κ2) is 8.16. The fourth-order valence-corrected chi connectivity index (χ4v) is 2.89. The van der Waals surface area contributed by atoms with Gasteiger partial charge in [0.15, 0.2) is 11.5 Å². The Bertz CT molecular complexity index is 1160. The quantitative estimate of drug-likeness (QED) is 0.507. The summed E-state index contributed by atoms with van der Waals surface area (Å²) in [6.45, 7) is 3.99. The summed E-state index contributed by atoms with van der Waals surface area (Å²) in [5.41, 5.74) is 10.2. The molecule has 0 fully saturated rings. The summed E-state index contributed by atoms with van der Waals surface area (Å²) in [6.07, 6.45) is 0.938. The number of aromatic nitrogens is 5. The van der Waals surface area contributed by atoms with Gasteiger partial charge in [0.2, 0.25) is 11.7 Å². The maximum Gasteiger partial charge on any atom is 0.282 e. The van der Waals surface area contributed by atoms with Crippen molar-refractivity contribution >= 4 is 17.4 Å². The van der Waals surface area contributed by atoms with Crippen molar-refractivity contribution < 1.29 is 9.32 Å². The van der Waals surface area contributed by atoms with E-state index in [4.69, 9.17) is 10.3 Å². The van der Waals surface area contributed by atoms with Gasteiger partial charge in [-0.05, 0) is 31.0 Å². The fraction of sp³-hybridized carbons (Fsp3) is 0.190. The van der Waals surface area contributed by atoms with Crippen molar-refractivity contribution in [1.29, 1.82) is 0 Å². The van der Waals surface area contributed by atoms with Crippen molar-refractivity contribution in [3.63, 3.8) is 0 Å². The zero-order valence-corrected chi connectivity index (χ0v) is 16.7. The van der Waals surface area contributed by atoms with E-state index in [0.29, 0.717) is 11.5 Å². The van der Waals surface area contributed by atoms with Gasteiger partial charge >= 0.3 is 0 Å². The number of nitrogen functional groups attached to an aromatic ring is 1. The predicted molar refractivity (Wildman–Crippen MR) is 112 cm³/mol. The monoisotopic (exact) mass is 403 g/mol. The summed E-state index contributed by atoms with van der Waals surface area (Å²) >= 11 is 0. The summed E-state index contributed by atoms with van der Waals surface area (Å²) in [7, 11) is 0. The van der Waals surface area contributed by atoms with Crippen molar-refractivity contribution in [2.24, 2.45) is 0 Å². The highest BCUT2D eigenvalue weighted by Gasteiger charge is 2.20. The average molecular weight is 403 g/mol. The molecule has 1 amide bonds. The van der Waals surface area contributed by atoms with Crippen molar-refractivity contribution in [3.05, 3.63) is 59.7 Å². The molecule has 0 saturated carbocycles. The standard InChI is InChI=1S/C21H21N7O2/c1-3-14-6-10-16(11-7-14)23-17(29)12-28-19(22)18(25-27-28)21-24-20(26-30-21)15-8-4-13(2)5-9-15/h4-11H,3,12,22H2,1-2H3,(H,23,29). The Morgan fingerprint density at radius 3 is 2.57 bits per heavy atom. The van der Waals surface area contributed by atoms with Gasteiger partial charge in [-0.15, -0.1) is 5.10 Å². The molecule has 0 bridgehead atoms. The topological polar surface area (TPSA) is 125 Å². The van der Waals surface area contributed by atoms with E-state index in [9.17, 15) is 4.79 Å². The van der Waals surface area contributed by atoms with E-state index in [0.717, 1.165) is 17.5 Å². The van der Waals surface area contributed by atoms with Gasteiger partial charge in [-0.3, -0.25) is 4.79 Å². The smallest absolute Gasteiger partial charge is 0.282 e. The SMILES string of the molecule is CCc1ccc(NC(=O)Cn2nnc(-c3nc(-c4ccc(C)cc4)no3)c2N)cc1. The second-order valence-electron chi connectivity index (χ2n) is 6.87. The highest BCUT2D eigenvalue weighted by Crippen LogP contribution is 2.25. The Hall–Kier alpha value is -4.01. The minimum atomic E-state index is -0.270. The molecule has 0 spiro atoms. The third kappa shape index (κ3) is 4.04. The fourth-order valence-electron chi connectivity index (χ4n) is 2.89. The van der Waals surface area contributed by atoms with Crippen molar-refractivity contribution in [2.75, 3.05) is 11.1 Å². The van der Waals surface area contributed by atoms with E-state index in [2.05, 4.69) is 32.7 Å². The van der Waals surface area contributed by atoms with Crippen molar-refractivity contribution in [2.45, 2.75) is 26.8 Å². The molecule has 9 nitrogen and oxygen atoms in total. The molecule has 152 valence electrons. The number of amides is 1. The molecule has 30 heavy (non-hydrogen) atoms. The first-order valence-corrected chi connectivity index (χ1v) is 9.52. The first-order valence-electron chi connectivity index (χ1n) is 9.52. The lowest BCUT2D eigenvalue weighted by Crippen LogP contribution is -2.20. The van der Waals surface area contributed by atoms with E-state index >= 15 is 0 Å². The molecule has 4 aromatic rings. The minimum Gasteiger partial charge on any atom is -0.382 e. The highest BCUT2D eigenvalue weighted by molar-refractivity contribution is 5.90. The van der Waals surface area contributed by atoms with Crippen molar-refractivity contribution in [1.82, 2.24) is 25.1 Å². The van der Waals surface area contributed by atoms with Gasteiger partial charge in [0.25, 0.3) is 5.89 Å². The van der Waals surface area contributed by atoms with Crippen LogP contribution < -0.4 is 11.1 Å². The van der Waals surface area contributed by atoms with Gasteiger partial charge in [-0.25, -0.2) is 4.68 Å². The first-order chi connectivity index (χ1) is 14.5. The third-order valence-electron chi connectivity index (χ3n) is 4.65. The van der Waals surface area contributed by atoms with Gasteiger partial charge in [0, 0.05) is 11.3 Å². The molecular formula is C21H21N7O2. The molecule has 4 rings (SSSR count). The van der Waals surface area contributed by atoms with E-state index in [1.165, 1.54) is 10.2 Å². The van der Waals surface area contributed by atoms with Crippen LogP contribution in [0.4, 0.5) is 11.5 Å². The van der Waals surface area contributed by atoms with Crippen molar-refractivity contribution in [3.8, 4) is 23.0 Å². The minimum absolute atomic E-state index is 0.0900. The Labute approximate surface area is 172 Å². The van der Waals surface area contributed by atoms with E-state index < -0.39 is 0 Å². The molecule has 0 aliphatic carbocycles. The summed E-state index contributed by atoms with van der Waals surface area (Å²) < 4.78 is 6.59. The number of benzene rings is 2. The zero-order chi connectivity index (χ0) is 21.1. The number of hydrogen-bond donors (Lipinski definition) is 2. The Morgan fingerprint density at radius 2 is 1.87 bits per heavy atom. The van der Waals surface area contributed by atoms with Crippen LogP contribution in [0.25, 0.3) is 23.0 Å². The second-order valence-corrected chi connectivity index (χ2v) is 6.87. The van der Waals surface area contributed by atoms with Gasteiger partial charge in [-0.2, -0.15) is 4.98 Å². The molecule has 0 saturated heterocycles. The number of rotatable bonds is 6. The average Bonchev–Trinajstić information content (AvgIpc) is 3.36. The summed E-state index contributed by atoms with van der Waals surface area (Å²) in [5.74, 6) is 0.468. The lowest BCUT2D eigenvalue weighted by atomic mass is 10.1. The molecule has 0 unspecified atom stereocenters. The van der Waals surface area contributed by atoms with E-state index in [-0.39, 0.29) is 29.9 Å². The Balaban J connectivity index is 1.47. The van der Waals surface area contributed by atoms with Crippen LogP contribution >= 0.6 is 0 Å². The lowest BCUT2D eigenvalue weighted by Gasteiger charge is -2.06. The molecule has 2 aromatic carbocycles. The maximum absolute atomic E-state index is 12.3. The van der Waals surface area contributed by atoms with Crippen LogP contribution in [-0.4, -0.2) is 31.0 Å². The number of anilines is 2. The molecule has 0 atom stereocenters. The number of nitrogens with two attached hydrogens (primary N) is 1. The van der Waals surface area contributed by atoms with Gasteiger partial charge in [-0.1, -0.05) is 59.3 Å². The third-order valence-corrected chi connectivity index (χ3v) is 4.65. The van der Waals surface area contributed by atoms with E-state index in [1.54, 1.807) is 0 Å². The Morgan fingerprint density at radius 1 is 1.13 bits per heavy atom. The van der Waals surface area contributed by atoms with Crippen LogP contribution in [-0.2, 0) is 17.8 Å². The van der Waals surface area contributed by atoms with E-state index in [1.807, 2.05) is 55.5 Å². The Kier molecular flexibility index (Phi) is 5.25. The molecule has 0 aliphatic heterocycles. The number of nitrogens with zero attached hydrogens (tertiary/aromatic N) is 5. The molecule has 0 aliphatic rings. The predicted octanol–water partition coefficient (Wildman–Crippen LogP) is 3.09. The zero-order valence-electron chi connectivity index (χ0n) is 16.7. The number of nitrogens with one attached hydrogen (secondary N) is 1. The van der Waals surface area contributed by atoms with Crippen LogP contribution in [0, 0.1) is 6.92 Å². The molecule has 2 heterocycles. The molecule has 0 radical (unpaired) electrons. The highest BCUT2D eigenvalue weighted by atomic mass is 16.5. The molecule has 2 aromatic heterocycles. The lowest BCUT2D eigenvalue weighted by molar-refractivity contribution is -0.116. The summed E-state index contributed by atoms with van der Waals surface area (Å²) in [6, 6.07) is 15.4. The number of hydrogen-bond acceptors (Lipinski definition) is 7. The number of aryl methyl sites for hydroxylation is 2. The van der Waals surface area contributed by atoms with Crippen LogP contribution in [0.3, 0.4) is 0 Å². The van der Waals surface area contributed by atoms with Crippen LogP contribution in [0.15, 0.2) is 53.1 Å². The number of carbonyl (C=O) groups excluding carboxylic acids is 1. The molecule has 9 heteroatoms. The number of carbonyl (C=O) groups is 1. The largest absolute Gasteiger partial charge is 0.382 e. The van der Waals surface area contributed by atoms with Crippen LogP contribution in [0.1, 0.15) is 18.1 Å². The van der Waals surface area contributed by atoms with Crippen LogP contribution in [0.5, 0.6) is 0 Å². The van der Waals surface area contributed by atoms with Crippen LogP contribution in [0.2, 0.25) is 0 Å². The molecular weight excluding hydrogens is 382 g/mol. The first kappa shape index (κ1) is 19.3. The molecule has 3 N–H and O–H groups in total. The van der Waals surface area contributed by atoms with Gasteiger partial charge in [0.1, 0.15) is 6.54 Å². The van der Waals surface area contributed by atoms with Gasteiger partial charge in [0.05, 0.1) is 0 Å². The normalized spacial score (nSPS) is 10.9. The summed E-state index contributed by atoms with van der Waals surface area (Å²) in [5, 5.41) is 14.7.